The molecule has 2 amide bonds. The fourth-order valence-electron chi connectivity index (χ4n) is 2.07. The van der Waals surface area contributed by atoms with E-state index in [4.69, 9.17) is 4.74 Å². The third-order valence-electron chi connectivity index (χ3n) is 3.25. The van der Waals surface area contributed by atoms with Gasteiger partial charge in [-0.2, -0.15) is 13.2 Å². The van der Waals surface area contributed by atoms with Gasteiger partial charge in [0.25, 0.3) is 5.91 Å². The molecule has 0 fully saturated rings. The standard InChI is InChI=1S/C17H15F3N2O3/c1-25-14-8-3-2-7-13(14)15(23)21-10-11-5-4-6-12(9-11)22-16(24)17(18,19)20/h2-9H,10H2,1H3,(H,21,23)(H,22,24). The highest BCUT2D eigenvalue weighted by atomic mass is 19.4. The Kier molecular flexibility index (Phi) is 5.63. The highest BCUT2D eigenvalue weighted by molar-refractivity contribution is 5.97. The van der Waals surface area contributed by atoms with Crippen molar-refractivity contribution in [1.82, 2.24) is 5.32 Å². The fourth-order valence-corrected chi connectivity index (χ4v) is 2.07. The summed E-state index contributed by atoms with van der Waals surface area (Å²) >= 11 is 0. The van der Waals surface area contributed by atoms with E-state index in [1.165, 1.54) is 25.3 Å². The molecule has 2 N–H and O–H groups in total. The summed E-state index contributed by atoms with van der Waals surface area (Å²) in [6.07, 6.45) is -4.96. The minimum absolute atomic E-state index is 0.00799. The van der Waals surface area contributed by atoms with E-state index >= 15 is 0 Å². The second-order valence-electron chi connectivity index (χ2n) is 5.04. The van der Waals surface area contributed by atoms with Crippen LogP contribution >= 0.6 is 0 Å². The Morgan fingerprint density at radius 1 is 1.08 bits per heavy atom. The lowest BCUT2D eigenvalue weighted by molar-refractivity contribution is -0.167. The zero-order valence-corrected chi connectivity index (χ0v) is 13.2. The van der Waals surface area contributed by atoms with Crippen LogP contribution in [0.4, 0.5) is 18.9 Å². The predicted octanol–water partition coefficient (Wildman–Crippen LogP) is 3.13. The van der Waals surface area contributed by atoms with Gasteiger partial charge in [0.05, 0.1) is 12.7 Å². The van der Waals surface area contributed by atoms with Crippen LogP contribution in [0.1, 0.15) is 15.9 Å². The summed E-state index contributed by atoms with van der Waals surface area (Å²) in [7, 11) is 1.44. The minimum atomic E-state index is -4.96. The molecule has 0 aliphatic heterocycles. The summed E-state index contributed by atoms with van der Waals surface area (Å²) in [5, 5.41) is 4.41. The monoisotopic (exact) mass is 352 g/mol. The Hall–Kier alpha value is -3.03. The highest BCUT2D eigenvalue weighted by Gasteiger charge is 2.38. The number of para-hydroxylation sites is 1. The number of carbonyl (C=O) groups is 2. The number of halogens is 3. The smallest absolute Gasteiger partial charge is 0.471 e. The molecule has 2 rings (SSSR count). The van der Waals surface area contributed by atoms with Gasteiger partial charge < -0.3 is 15.4 Å². The molecule has 2 aromatic carbocycles. The number of alkyl halides is 3. The number of hydrogen-bond acceptors (Lipinski definition) is 3. The SMILES string of the molecule is COc1ccccc1C(=O)NCc1cccc(NC(=O)C(F)(F)F)c1. The number of benzene rings is 2. The van der Waals surface area contributed by atoms with Crippen LogP contribution in [-0.4, -0.2) is 25.1 Å². The van der Waals surface area contributed by atoms with E-state index in [-0.39, 0.29) is 18.1 Å². The number of anilines is 1. The first-order valence-corrected chi connectivity index (χ1v) is 7.19. The number of amides is 2. The summed E-state index contributed by atoms with van der Waals surface area (Å²) in [5.41, 5.74) is 0.862. The molecular formula is C17H15F3N2O3. The Labute approximate surface area is 141 Å². The maximum Gasteiger partial charge on any atom is 0.471 e. The van der Waals surface area contributed by atoms with Crippen molar-refractivity contribution in [2.24, 2.45) is 0 Å². The zero-order chi connectivity index (χ0) is 18.4. The average Bonchev–Trinajstić information content (AvgIpc) is 2.59. The van der Waals surface area contributed by atoms with E-state index in [9.17, 15) is 22.8 Å². The van der Waals surface area contributed by atoms with Crippen molar-refractivity contribution < 1.29 is 27.5 Å². The molecule has 0 unspecified atom stereocenters. The van der Waals surface area contributed by atoms with E-state index in [0.717, 1.165) is 0 Å². The lowest BCUT2D eigenvalue weighted by Crippen LogP contribution is -2.30. The quantitative estimate of drug-likeness (QED) is 0.869. The van der Waals surface area contributed by atoms with Crippen LogP contribution in [0.2, 0.25) is 0 Å². The van der Waals surface area contributed by atoms with Gasteiger partial charge in [0.15, 0.2) is 0 Å². The molecule has 132 valence electrons. The minimum Gasteiger partial charge on any atom is -0.496 e. The summed E-state index contributed by atoms with van der Waals surface area (Å²) < 4.78 is 41.9. The fraction of sp³-hybridized carbons (Fsp3) is 0.176. The molecule has 0 aromatic heterocycles. The number of rotatable bonds is 5. The third kappa shape index (κ3) is 4.97. The molecule has 0 spiro atoms. The molecule has 0 bridgehead atoms. The van der Waals surface area contributed by atoms with Crippen LogP contribution < -0.4 is 15.4 Å². The summed E-state index contributed by atoms with van der Waals surface area (Å²) in [6, 6.07) is 12.4. The first-order valence-electron chi connectivity index (χ1n) is 7.19. The molecule has 0 radical (unpaired) electrons. The first kappa shape index (κ1) is 18.3. The van der Waals surface area contributed by atoms with Crippen molar-refractivity contribution >= 4 is 17.5 Å². The van der Waals surface area contributed by atoms with Crippen LogP contribution in [-0.2, 0) is 11.3 Å². The lowest BCUT2D eigenvalue weighted by atomic mass is 10.1. The Balaban J connectivity index is 2.03. The second kappa shape index (κ2) is 7.69. The maximum absolute atomic E-state index is 12.3. The van der Waals surface area contributed by atoms with Gasteiger partial charge in [-0.25, -0.2) is 0 Å². The van der Waals surface area contributed by atoms with Crippen LogP contribution in [0.5, 0.6) is 5.75 Å². The van der Waals surface area contributed by atoms with E-state index in [1.807, 2.05) is 0 Å². The van der Waals surface area contributed by atoms with Crippen molar-refractivity contribution in [3.05, 3.63) is 59.7 Å². The average molecular weight is 352 g/mol. The van der Waals surface area contributed by atoms with Crippen molar-refractivity contribution in [2.75, 3.05) is 12.4 Å². The van der Waals surface area contributed by atoms with Gasteiger partial charge >= 0.3 is 12.1 Å². The topological polar surface area (TPSA) is 67.4 Å². The Bertz CT molecular complexity index is 776. The molecule has 0 aliphatic carbocycles. The predicted molar refractivity (Wildman–Crippen MR) is 85.3 cm³/mol. The van der Waals surface area contributed by atoms with E-state index in [2.05, 4.69) is 5.32 Å². The van der Waals surface area contributed by atoms with Crippen LogP contribution in [0, 0.1) is 0 Å². The van der Waals surface area contributed by atoms with Crippen molar-refractivity contribution in [1.29, 1.82) is 0 Å². The molecule has 0 aliphatic rings. The summed E-state index contributed by atoms with van der Waals surface area (Å²) in [4.78, 5) is 23.1. The first-order chi connectivity index (χ1) is 11.8. The van der Waals surface area contributed by atoms with Gasteiger partial charge in [-0.15, -0.1) is 0 Å². The maximum atomic E-state index is 12.3. The van der Waals surface area contributed by atoms with Gasteiger partial charge in [-0.3, -0.25) is 9.59 Å². The molecular weight excluding hydrogens is 337 g/mol. The number of carbonyl (C=O) groups excluding carboxylic acids is 2. The second-order valence-corrected chi connectivity index (χ2v) is 5.04. The van der Waals surface area contributed by atoms with Crippen LogP contribution in [0.25, 0.3) is 0 Å². The zero-order valence-electron chi connectivity index (χ0n) is 13.2. The van der Waals surface area contributed by atoms with Crippen LogP contribution in [0.15, 0.2) is 48.5 Å². The van der Waals surface area contributed by atoms with Gasteiger partial charge in [-0.05, 0) is 29.8 Å². The van der Waals surface area contributed by atoms with Gasteiger partial charge in [0.1, 0.15) is 5.75 Å². The van der Waals surface area contributed by atoms with E-state index in [0.29, 0.717) is 16.9 Å². The van der Waals surface area contributed by atoms with Gasteiger partial charge in [-0.1, -0.05) is 24.3 Å². The molecule has 8 heteroatoms. The molecule has 0 saturated carbocycles. The number of methoxy groups -OCH3 is 1. The molecule has 2 aromatic rings. The van der Waals surface area contributed by atoms with Crippen molar-refractivity contribution in [3.63, 3.8) is 0 Å². The molecule has 0 heterocycles. The van der Waals surface area contributed by atoms with E-state index in [1.54, 1.807) is 35.6 Å². The van der Waals surface area contributed by atoms with Gasteiger partial charge in [0.2, 0.25) is 0 Å². The summed E-state index contributed by atoms with van der Waals surface area (Å²) in [5.74, 6) is -2.03. The Morgan fingerprint density at radius 3 is 2.48 bits per heavy atom. The molecule has 25 heavy (non-hydrogen) atoms. The third-order valence-corrected chi connectivity index (χ3v) is 3.25. The molecule has 0 saturated heterocycles. The molecule has 0 atom stereocenters. The van der Waals surface area contributed by atoms with Crippen molar-refractivity contribution in [2.45, 2.75) is 12.7 Å². The van der Waals surface area contributed by atoms with Crippen molar-refractivity contribution in [3.8, 4) is 5.75 Å². The Morgan fingerprint density at radius 2 is 1.80 bits per heavy atom. The number of hydrogen-bond donors (Lipinski definition) is 2. The largest absolute Gasteiger partial charge is 0.496 e. The normalized spacial score (nSPS) is 10.9. The number of ether oxygens (including phenoxy) is 1. The number of nitrogens with one attached hydrogen (secondary N) is 2. The summed E-state index contributed by atoms with van der Waals surface area (Å²) in [6.45, 7) is 0.0760. The van der Waals surface area contributed by atoms with Crippen LogP contribution in [0.3, 0.4) is 0 Å². The highest BCUT2D eigenvalue weighted by Crippen LogP contribution is 2.20. The lowest BCUT2D eigenvalue weighted by Gasteiger charge is -2.11. The van der Waals surface area contributed by atoms with E-state index < -0.39 is 12.1 Å². The van der Waals surface area contributed by atoms with Gasteiger partial charge in [0, 0.05) is 12.2 Å². The molecule has 5 nitrogen and oxygen atoms in total.